The molecule has 1 amide bonds. The highest BCUT2D eigenvalue weighted by Gasteiger charge is 2.13. The van der Waals surface area contributed by atoms with Crippen molar-refractivity contribution in [2.24, 2.45) is 5.84 Å². The summed E-state index contributed by atoms with van der Waals surface area (Å²) in [6, 6.07) is 10.5. The molecule has 0 saturated carbocycles. The third kappa shape index (κ3) is 3.04. The number of nitrogen functional groups attached to an aromatic ring is 1. The van der Waals surface area contributed by atoms with Crippen molar-refractivity contribution in [1.29, 1.82) is 0 Å². The number of para-hydroxylation sites is 2. The summed E-state index contributed by atoms with van der Waals surface area (Å²) in [6.45, 7) is 2.41. The maximum atomic E-state index is 12.2. The highest BCUT2D eigenvalue weighted by Crippen LogP contribution is 2.24. The van der Waals surface area contributed by atoms with Crippen LogP contribution in [-0.2, 0) is 0 Å². The minimum absolute atomic E-state index is 0.307. The van der Waals surface area contributed by atoms with Crippen LogP contribution in [0.2, 0.25) is 0 Å². The molecule has 104 valence electrons. The van der Waals surface area contributed by atoms with Crippen molar-refractivity contribution in [3.8, 4) is 5.75 Å². The lowest BCUT2D eigenvalue weighted by Crippen LogP contribution is -2.18. The molecule has 1 heterocycles. The first-order valence-corrected chi connectivity index (χ1v) is 6.21. The minimum atomic E-state index is -0.307. The van der Waals surface area contributed by atoms with E-state index in [1.165, 1.54) is 0 Å². The molecular formula is C14H16N4O2. The van der Waals surface area contributed by atoms with Crippen molar-refractivity contribution in [3.63, 3.8) is 0 Å². The van der Waals surface area contributed by atoms with Gasteiger partial charge in [0.25, 0.3) is 5.91 Å². The monoisotopic (exact) mass is 272 g/mol. The molecule has 1 aromatic carbocycles. The number of ether oxygens (including phenoxy) is 1. The summed E-state index contributed by atoms with van der Waals surface area (Å²) in [7, 11) is 0. The zero-order chi connectivity index (χ0) is 14.4. The number of nitrogens with two attached hydrogens (primary N) is 1. The van der Waals surface area contributed by atoms with E-state index in [1.54, 1.807) is 30.5 Å². The summed E-state index contributed by atoms with van der Waals surface area (Å²) in [5.41, 5.74) is 3.36. The highest BCUT2D eigenvalue weighted by atomic mass is 16.5. The third-order valence-corrected chi connectivity index (χ3v) is 2.62. The molecule has 0 aliphatic rings. The van der Waals surface area contributed by atoms with Crippen molar-refractivity contribution in [2.45, 2.75) is 6.92 Å². The molecule has 0 unspecified atom stereocenters. The number of pyridine rings is 1. The van der Waals surface area contributed by atoms with Crippen LogP contribution in [0.4, 0.5) is 11.5 Å². The Kier molecular flexibility index (Phi) is 4.52. The molecule has 20 heavy (non-hydrogen) atoms. The molecule has 2 rings (SSSR count). The summed E-state index contributed by atoms with van der Waals surface area (Å²) >= 11 is 0. The number of hydrazine groups is 1. The predicted octanol–water partition coefficient (Wildman–Crippen LogP) is 2.02. The van der Waals surface area contributed by atoms with Gasteiger partial charge in [-0.15, -0.1) is 0 Å². The second-order valence-electron chi connectivity index (χ2n) is 3.93. The first-order valence-electron chi connectivity index (χ1n) is 6.21. The number of amides is 1. The Morgan fingerprint density at radius 1 is 1.30 bits per heavy atom. The van der Waals surface area contributed by atoms with Crippen LogP contribution in [0.15, 0.2) is 42.6 Å². The van der Waals surface area contributed by atoms with E-state index in [2.05, 4.69) is 15.7 Å². The predicted molar refractivity (Wildman–Crippen MR) is 77.6 cm³/mol. The molecule has 0 atom stereocenters. The van der Waals surface area contributed by atoms with E-state index in [0.717, 1.165) is 0 Å². The smallest absolute Gasteiger partial charge is 0.259 e. The molecule has 0 radical (unpaired) electrons. The lowest BCUT2D eigenvalue weighted by atomic mass is 10.2. The lowest BCUT2D eigenvalue weighted by Gasteiger charge is -2.12. The Balaban J connectivity index is 2.24. The summed E-state index contributed by atoms with van der Waals surface area (Å²) in [4.78, 5) is 16.2. The van der Waals surface area contributed by atoms with E-state index in [1.807, 2.05) is 19.1 Å². The number of benzene rings is 1. The molecular weight excluding hydrogens is 256 g/mol. The highest BCUT2D eigenvalue weighted by molar-refractivity contribution is 6.08. The van der Waals surface area contributed by atoms with Gasteiger partial charge >= 0.3 is 0 Å². The Labute approximate surface area is 116 Å². The van der Waals surface area contributed by atoms with Crippen LogP contribution >= 0.6 is 0 Å². The number of carbonyl (C=O) groups is 1. The molecule has 6 heteroatoms. The molecule has 0 aliphatic carbocycles. The summed E-state index contributed by atoms with van der Waals surface area (Å²) in [5, 5.41) is 2.79. The average Bonchev–Trinajstić information content (AvgIpc) is 2.49. The van der Waals surface area contributed by atoms with Crippen LogP contribution in [0.1, 0.15) is 17.3 Å². The molecule has 2 aromatic rings. The van der Waals surface area contributed by atoms with Gasteiger partial charge in [0, 0.05) is 6.20 Å². The number of anilines is 2. The number of nitrogens with zero attached hydrogens (tertiary/aromatic N) is 1. The van der Waals surface area contributed by atoms with Gasteiger partial charge in [-0.25, -0.2) is 10.8 Å². The fourth-order valence-corrected chi connectivity index (χ4v) is 1.74. The van der Waals surface area contributed by atoms with E-state index in [4.69, 9.17) is 10.6 Å². The summed E-state index contributed by atoms with van der Waals surface area (Å²) in [5.74, 6) is 5.97. The normalized spacial score (nSPS) is 9.90. The van der Waals surface area contributed by atoms with Crippen molar-refractivity contribution < 1.29 is 9.53 Å². The molecule has 0 bridgehead atoms. The number of aromatic nitrogens is 1. The van der Waals surface area contributed by atoms with Crippen LogP contribution in [0.3, 0.4) is 0 Å². The number of carbonyl (C=O) groups excluding carboxylic acids is 1. The first kappa shape index (κ1) is 13.8. The number of nitrogens with one attached hydrogen (secondary N) is 2. The fraction of sp³-hybridized carbons (Fsp3) is 0.143. The summed E-state index contributed by atoms with van der Waals surface area (Å²) in [6.07, 6.45) is 1.56. The van der Waals surface area contributed by atoms with Gasteiger partial charge in [0.05, 0.1) is 17.9 Å². The van der Waals surface area contributed by atoms with Crippen molar-refractivity contribution in [1.82, 2.24) is 4.98 Å². The van der Waals surface area contributed by atoms with Gasteiger partial charge in [0.15, 0.2) is 5.82 Å². The molecule has 0 saturated heterocycles. The first-order chi connectivity index (χ1) is 9.76. The Bertz CT molecular complexity index is 601. The molecule has 0 aliphatic heterocycles. The number of hydrogen-bond acceptors (Lipinski definition) is 5. The number of hydrogen-bond donors (Lipinski definition) is 3. The minimum Gasteiger partial charge on any atom is -0.492 e. The SMILES string of the molecule is CCOc1ccccc1NC(=O)c1cccnc1NN. The molecule has 1 aromatic heterocycles. The van der Waals surface area contributed by atoms with Crippen LogP contribution < -0.4 is 21.3 Å². The van der Waals surface area contributed by atoms with Crippen LogP contribution in [0, 0.1) is 0 Å². The molecule has 4 N–H and O–H groups in total. The van der Waals surface area contributed by atoms with E-state index in [-0.39, 0.29) is 5.91 Å². The maximum Gasteiger partial charge on any atom is 0.259 e. The number of rotatable bonds is 5. The fourth-order valence-electron chi connectivity index (χ4n) is 1.74. The third-order valence-electron chi connectivity index (χ3n) is 2.62. The lowest BCUT2D eigenvalue weighted by molar-refractivity contribution is 0.102. The maximum absolute atomic E-state index is 12.2. The summed E-state index contributed by atoms with van der Waals surface area (Å²) < 4.78 is 5.46. The van der Waals surface area contributed by atoms with Gasteiger partial charge in [-0.3, -0.25) is 4.79 Å². The van der Waals surface area contributed by atoms with Gasteiger partial charge in [0.2, 0.25) is 0 Å². The average molecular weight is 272 g/mol. The van der Waals surface area contributed by atoms with E-state index >= 15 is 0 Å². The Morgan fingerprint density at radius 3 is 2.85 bits per heavy atom. The second-order valence-corrected chi connectivity index (χ2v) is 3.93. The van der Waals surface area contributed by atoms with Crippen molar-refractivity contribution in [2.75, 3.05) is 17.3 Å². The standard InChI is InChI=1S/C14H16N4O2/c1-2-20-12-8-4-3-7-11(12)17-14(19)10-6-5-9-16-13(10)18-15/h3-9H,2,15H2,1H3,(H,16,18)(H,17,19). The Hall–Kier alpha value is -2.60. The van der Waals surface area contributed by atoms with Gasteiger partial charge < -0.3 is 15.5 Å². The Morgan fingerprint density at radius 2 is 2.10 bits per heavy atom. The largest absolute Gasteiger partial charge is 0.492 e. The van der Waals surface area contributed by atoms with Gasteiger partial charge in [-0.2, -0.15) is 0 Å². The van der Waals surface area contributed by atoms with Crippen molar-refractivity contribution >= 4 is 17.4 Å². The van der Waals surface area contributed by atoms with Crippen LogP contribution in [-0.4, -0.2) is 17.5 Å². The second kappa shape index (κ2) is 6.53. The van der Waals surface area contributed by atoms with E-state index < -0.39 is 0 Å². The molecule has 0 spiro atoms. The van der Waals surface area contributed by atoms with Crippen LogP contribution in [0.5, 0.6) is 5.75 Å². The topological polar surface area (TPSA) is 89.3 Å². The van der Waals surface area contributed by atoms with Gasteiger partial charge in [-0.05, 0) is 31.2 Å². The molecule has 6 nitrogen and oxygen atoms in total. The van der Waals surface area contributed by atoms with Gasteiger partial charge in [-0.1, -0.05) is 12.1 Å². The van der Waals surface area contributed by atoms with Crippen LogP contribution in [0.25, 0.3) is 0 Å². The van der Waals surface area contributed by atoms with E-state index in [0.29, 0.717) is 29.4 Å². The zero-order valence-corrected chi connectivity index (χ0v) is 11.1. The van der Waals surface area contributed by atoms with E-state index in [9.17, 15) is 4.79 Å². The quantitative estimate of drug-likeness (QED) is 0.572. The molecule has 0 fully saturated rings. The van der Waals surface area contributed by atoms with Crippen molar-refractivity contribution in [3.05, 3.63) is 48.2 Å². The zero-order valence-electron chi connectivity index (χ0n) is 11.1. The van der Waals surface area contributed by atoms with Gasteiger partial charge in [0.1, 0.15) is 5.75 Å².